The molecule has 0 bridgehead atoms. The molecule has 0 unspecified atom stereocenters. The predicted octanol–water partition coefficient (Wildman–Crippen LogP) is 6.60. The van der Waals surface area contributed by atoms with E-state index in [9.17, 15) is 18.0 Å². The Hall–Kier alpha value is -4.63. The number of hydrogen-bond donors (Lipinski definition) is 1. The molecule has 8 nitrogen and oxygen atoms in total. The highest BCUT2D eigenvalue weighted by Crippen LogP contribution is 2.27. The average molecular weight is 668 g/mol. The van der Waals surface area contributed by atoms with E-state index in [1.807, 2.05) is 87.5 Å². The van der Waals surface area contributed by atoms with Gasteiger partial charge in [0.25, 0.3) is 10.0 Å². The average Bonchev–Trinajstić information content (AvgIpc) is 3.60. The van der Waals surface area contributed by atoms with E-state index in [0.717, 1.165) is 52.2 Å². The summed E-state index contributed by atoms with van der Waals surface area (Å²) in [4.78, 5) is 30.4. The van der Waals surface area contributed by atoms with Crippen molar-refractivity contribution in [3.63, 3.8) is 0 Å². The minimum Gasteiger partial charge on any atom is -0.494 e. The molecule has 0 spiro atoms. The molecule has 0 aliphatic heterocycles. The molecule has 1 saturated carbocycles. The number of carbonyl (C=O) groups is 2. The van der Waals surface area contributed by atoms with Gasteiger partial charge in [0, 0.05) is 19.0 Å². The molecular formula is C39H45N3O5S. The van der Waals surface area contributed by atoms with E-state index >= 15 is 0 Å². The van der Waals surface area contributed by atoms with Crippen LogP contribution in [0.15, 0.2) is 108 Å². The summed E-state index contributed by atoms with van der Waals surface area (Å²) in [6, 6.07) is 29.9. The van der Waals surface area contributed by atoms with E-state index in [0.29, 0.717) is 18.0 Å². The molecule has 48 heavy (non-hydrogen) atoms. The lowest BCUT2D eigenvalue weighted by atomic mass is 10.0. The van der Waals surface area contributed by atoms with Gasteiger partial charge in [0.2, 0.25) is 11.8 Å². The van der Waals surface area contributed by atoms with Gasteiger partial charge in [-0.2, -0.15) is 0 Å². The minimum absolute atomic E-state index is 0.0317. The molecule has 2 amide bonds. The van der Waals surface area contributed by atoms with Gasteiger partial charge in [-0.05, 0) is 81.1 Å². The number of rotatable bonds is 14. The number of nitrogens with one attached hydrogen (secondary N) is 1. The Balaban J connectivity index is 1.55. The molecule has 0 heterocycles. The second kappa shape index (κ2) is 16.0. The first kappa shape index (κ1) is 34.7. The number of sulfonamides is 1. The van der Waals surface area contributed by atoms with Gasteiger partial charge in [0.1, 0.15) is 18.3 Å². The van der Waals surface area contributed by atoms with E-state index in [2.05, 4.69) is 5.32 Å². The molecule has 1 aliphatic rings. The molecule has 5 rings (SSSR count). The third-order valence-electron chi connectivity index (χ3n) is 8.77. The number of hydrogen-bond acceptors (Lipinski definition) is 5. The van der Waals surface area contributed by atoms with Gasteiger partial charge in [0.05, 0.1) is 17.2 Å². The largest absolute Gasteiger partial charge is 0.494 e. The zero-order valence-corrected chi connectivity index (χ0v) is 28.8. The molecule has 9 heteroatoms. The van der Waals surface area contributed by atoms with Crippen LogP contribution in [-0.4, -0.2) is 50.4 Å². The lowest BCUT2D eigenvalue weighted by Gasteiger charge is -2.34. The number of anilines is 1. The summed E-state index contributed by atoms with van der Waals surface area (Å²) in [7, 11) is -4.20. The number of ether oxygens (including phenoxy) is 1. The van der Waals surface area contributed by atoms with E-state index < -0.39 is 28.5 Å². The summed E-state index contributed by atoms with van der Waals surface area (Å²) in [6.45, 7) is 5.86. The second-order valence-corrected chi connectivity index (χ2v) is 14.3. The quantitative estimate of drug-likeness (QED) is 0.164. The Morgan fingerprint density at radius 1 is 0.812 bits per heavy atom. The standard InChI is InChI=1S/C39H45N3O5S/c1-4-47-35-22-24-36(25-23-35)48(45,46)42(34-20-16-30(3)17-21-34)28-38(43)41(27-32-18-14-29(2)15-19-32)37(26-31-10-6-5-7-11-31)39(44)40-33-12-8-9-13-33/h5-7,10-11,14-25,33,37H,4,8-9,12-13,26-28H2,1-3H3,(H,40,44)/t37-/m0/s1. The van der Waals surface area contributed by atoms with E-state index in [1.54, 1.807) is 29.2 Å². The van der Waals surface area contributed by atoms with Gasteiger partial charge >= 0.3 is 0 Å². The van der Waals surface area contributed by atoms with Crippen molar-refractivity contribution in [3.8, 4) is 5.75 Å². The molecule has 4 aromatic carbocycles. The Morgan fingerprint density at radius 2 is 1.42 bits per heavy atom. The smallest absolute Gasteiger partial charge is 0.264 e. The fourth-order valence-electron chi connectivity index (χ4n) is 6.05. The maximum absolute atomic E-state index is 14.7. The topological polar surface area (TPSA) is 96.0 Å². The third kappa shape index (κ3) is 8.83. The van der Waals surface area contributed by atoms with Gasteiger partial charge in [0.15, 0.2) is 0 Å². The van der Waals surface area contributed by atoms with E-state index in [-0.39, 0.29) is 29.8 Å². The van der Waals surface area contributed by atoms with Gasteiger partial charge < -0.3 is 15.0 Å². The Morgan fingerprint density at radius 3 is 2.02 bits per heavy atom. The van der Waals surface area contributed by atoms with Crippen molar-refractivity contribution in [2.45, 2.75) is 76.4 Å². The molecule has 0 aromatic heterocycles. The number of carbonyl (C=O) groups excluding carboxylic acids is 2. The highest BCUT2D eigenvalue weighted by Gasteiger charge is 2.35. The van der Waals surface area contributed by atoms with Gasteiger partial charge in [-0.1, -0.05) is 90.7 Å². The highest BCUT2D eigenvalue weighted by molar-refractivity contribution is 7.92. The summed E-state index contributed by atoms with van der Waals surface area (Å²) >= 11 is 0. The zero-order chi connectivity index (χ0) is 34.1. The van der Waals surface area contributed by atoms with Crippen molar-refractivity contribution in [1.29, 1.82) is 0 Å². The normalized spacial score (nSPS) is 13.9. The Labute approximate surface area is 284 Å². The second-order valence-electron chi connectivity index (χ2n) is 12.5. The fraction of sp³-hybridized carbons (Fsp3) is 0.333. The molecular weight excluding hydrogens is 623 g/mol. The summed E-state index contributed by atoms with van der Waals surface area (Å²) in [5.41, 5.74) is 4.13. The van der Waals surface area contributed by atoms with Crippen LogP contribution in [0.2, 0.25) is 0 Å². The van der Waals surface area contributed by atoms with Crippen molar-refractivity contribution in [1.82, 2.24) is 10.2 Å². The van der Waals surface area contributed by atoms with Crippen molar-refractivity contribution >= 4 is 27.5 Å². The lowest BCUT2D eigenvalue weighted by Crippen LogP contribution is -2.54. The van der Waals surface area contributed by atoms with E-state index in [1.165, 1.54) is 12.1 Å². The predicted molar refractivity (Wildman–Crippen MR) is 189 cm³/mol. The molecule has 0 saturated heterocycles. The van der Waals surface area contributed by atoms with Crippen LogP contribution in [0.5, 0.6) is 5.75 Å². The first-order valence-corrected chi connectivity index (χ1v) is 18.1. The molecule has 1 N–H and O–H groups in total. The van der Waals surface area contributed by atoms with Gasteiger partial charge in [-0.25, -0.2) is 8.42 Å². The van der Waals surface area contributed by atoms with Crippen LogP contribution in [0.1, 0.15) is 54.9 Å². The van der Waals surface area contributed by atoms with Crippen molar-refractivity contribution in [2.24, 2.45) is 0 Å². The lowest BCUT2D eigenvalue weighted by molar-refractivity contribution is -0.140. The SMILES string of the molecule is CCOc1ccc(S(=O)(=O)N(CC(=O)N(Cc2ccc(C)cc2)[C@@H](Cc2ccccc2)C(=O)NC2CCCC2)c2ccc(C)cc2)cc1. The van der Waals surface area contributed by atoms with Gasteiger partial charge in [-0.3, -0.25) is 13.9 Å². The maximum Gasteiger partial charge on any atom is 0.264 e. The van der Waals surface area contributed by atoms with Crippen LogP contribution in [0.3, 0.4) is 0 Å². The molecule has 1 fully saturated rings. The fourth-order valence-corrected chi connectivity index (χ4v) is 7.47. The highest BCUT2D eigenvalue weighted by atomic mass is 32.2. The van der Waals surface area contributed by atoms with Crippen molar-refractivity contribution in [3.05, 3.63) is 125 Å². The first-order chi connectivity index (χ1) is 23.1. The van der Waals surface area contributed by atoms with Crippen LogP contribution < -0.4 is 14.4 Å². The summed E-state index contributed by atoms with van der Waals surface area (Å²) in [5.74, 6) is -0.161. The number of aryl methyl sites for hydroxylation is 2. The van der Waals surface area contributed by atoms with Crippen LogP contribution in [0.25, 0.3) is 0 Å². The molecule has 1 atom stereocenters. The zero-order valence-electron chi connectivity index (χ0n) is 28.0. The van der Waals surface area contributed by atoms with Crippen LogP contribution in [0, 0.1) is 13.8 Å². The molecule has 0 radical (unpaired) electrons. The summed E-state index contributed by atoms with van der Waals surface area (Å²) in [5, 5.41) is 3.22. The maximum atomic E-state index is 14.7. The molecule has 4 aromatic rings. The third-order valence-corrected chi connectivity index (χ3v) is 10.6. The Kier molecular flexibility index (Phi) is 11.5. The van der Waals surface area contributed by atoms with Crippen molar-refractivity contribution < 1.29 is 22.7 Å². The Bertz CT molecular complexity index is 1750. The first-order valence-electron chi connectivity index (χ1n) is 16.7. The number of nitrogens with zero attached hydrogens (tertiary/aromatic N) is 2. The molecule has 252 valence electrons. The van der Waals surface area contributed by atoms with Crippen LogP contribution in [-0.2, 0) is 32.6 Å². The van der Waals surface area contributed by atoms with Crippen LogP contribution >= 0.6 is 0 Å². The number of benzene rings is 4. The number of amides is 2. The summed E-state index contributed by atoms with van der Waals surface area (Å²) in [6.07, 6.45) is 4.19. The van der Waals surface area contributed by atoms with Crippen LogP contribution in [0.4, 0.5) is 5.69 Å². The van der Waals surface area contributed by atoms with E-state index in [4.69, 9.17) is 4.74 Å². The minimum atomic E-state index is -4.20. The molecule has 1 aliphatic carbocycles. The van der Waals surface area contributed by atoms with Gasteiger partial charge in [-0.15, -0.1) is 0 Å². The van der Waals surface area contributed by atoms with Crippen molar-refractivity contribution in [2.75, 3.05) is 17.5 Å². The summed E-state index contributed by atoms with van der Waals surface area (Å²) < 4.78 is 35.3. The monoisotopic (exact) mass is 667 g/mol.